The van der Waals surface area contributed by atoms with E-state index in [0.717, 1.165) is 17.0 Å². The molecule has 1 aliphatic rings. The molecule has 1 aliphatic heterocycles. The van der Waals surface area contributed by atoms with Gasteiger partial charge in [0.1, 0.15) is 18.0 Å². The van der Waals surface area contributed by atoms with E-state index in [-0.39, 0.29) is 12.3 Å². The van der Waals surface area contributed by atoms with Crippen LogP contribution in [-0.2, 0) is 22.6 Å². The fraction of sp³-hybridized carbons (Fsp3) is 0.429. The van der Waals surface area contributed by atoms with E-state index in [1.54, 1.807) is 13.3 Å². The maximum absolute atomic E-state index is 12.2. The number of pyridine rings is 1. The smallest absolute Gasteiger partial charge is 0.222 e. The highest BCUT2D eigenvalue weighted by molar-refractivity contribution is 5.76. The van der Waals surface area contributed by atoms with Crippen molar-refractivity contribution in [2.45, 2.75) is 43.9 Å². The van der Waals surface area contributed by atoms with E-state index in [1.807, 2.05) is 42.5 Å². The molecule has 156 valence electrons. The molecule has 1 fully saturated rings. The van der Waals surface area contributed by atoms with Crippen LogP contribution in [0.25, 0.3) is 0 Å². The normalized spacial score (nSPS) is 23.7. The van der Waals surface area contributed by atoms with Crippen LogP contribution in [-0.4, -0.2) is 59.2 Å². The third-order valence-electron chi connectivity index (χ3n) is 4.87. The lowest BCUT2D eigenvalue weighted by molar-refractivity contribution is -0.125. The largest absolute Gasteiger partial charge is 0.497 e. The van der Waals surface area contributed by atoms with Gasteiger partial charge in [-0.05, 0) is 29.8 Å². The first-order valence-electron chi connectivity index (χ1n) is 9.58. The number of amides is 1. The van der Waals surface area contributed by atoms with Crippen LogP contribution in [0.1, 0.15) is 17.7 Å². The van der Waals surface area contributed by atoms with Crippen molar-refractivity contribution in [1.82, 2.24) is 15.6 Å². The van der Waals surface area contributed by atoms with Crippen LogP contribution in [0.3, 0.4) is 0 Å². The fourth-order valence-electron chi connectivity index (χ4n) is 3.21. The Morgan fingerprint density at radius 2 is 1.86 bits per heavy atom. The quantitative estimate of drug-likeness (QED) is 0.480. The SMILES string of the molecule is COc1ccc(CNC(=O)CC2OC(CNCc3ccccn3)C(O)C2O)cc1. The van der Waals surface area contributed by atoms with Crippen molar-refractivity contribution >= 4 is 5.91 Å². The number of nitrogens with zero attached hydrogens (tertiary/aromatic N) is 1. The number of carbonyl (C=O) groups is 1. The Morgan fingerprint density at radius 1 is 1.10 bits per heavy atom. The van der Waals surface area contributed by atoms with E-state index >= 15 is 0 Å². The zero-order chi connectivity index (χ0) is 20.6. The molecule has 4 N–H and O–H groups in total. The van der Waals surface area contributed by atoms with Crippen molar-refractivity contribution in [3.05, 3.63) is 59.9 Å². The van der Waals surface area contributed by atoms with Crippen LogP contribution in [0.5, 0.6) is 5.75 Å². The number of carbonyl (C=O) groups excluding carboxylic acids is 1. The van der Waals surface area contributed by atoms with Gasteiger partial charge in [-0.25, -0.2) is 0 Å². The zero-order valence-corrected chi connectivity index (χ0v) is 16.3. The predicted octanol–water partition coefficient (Wildman–Crippen LogP) is 0.375. The number of methoxy groups -OCH3 is 1. The zero-order valence-electron chi connectivity index (χ0n) is 16.3. The van der Waals surface area contributed by atoms with Gasteiger partial charge in [-0.2, -0.15) is 0 Å². The molecule has 0 radical (unpaired) electrons. The van der Waals surface area contributed by atoms with Crippen LogP contribution < -0.4 is 15.4 Å². The number of aliphatic hydroxyl groups is 2. The first-order valence-corrected chi connectivity index (χ1v) is 9.58. The number of aliphatic hydroxyl groups excluding tert-OH is 2. The summed E-state index contributed by atoms with van der Waals surface area (Å²) in [6.45, 7) is 1.23. The van der Waals surface area contributed by atoms with Gasteiger partial charge < -0.3 is 30.3 Å². The second-order valence-electron chi connectivity index (χ2n) is 6.98. The Labute approximate surface area is 169 Å². The van der Waals surface area contributed by atoms with Crippen LogP contribution >= 0.6 is 0 Å². The lowest BCUT2D eigenvalue weighted by atomic mass is 10.1. The van der Waals surface area contributed by atoms with E-state index in [9.17, 15) is 15.0 Å². The van der Waals surface area contributed by atoms with Crippen molar-refractivity contribution in [3.8, 4) is 5.75 Å². The van der Waals surface area contributed by atoms with Gasteiger partial charge >= 0.3 is 0 Å². The lowest BCUT2D eigenvalue weighted by Gasteiger charge is -2.15. The van der Waals surface area contributed by atoms with E-state index < -0.39 is 24.4 Å². The van der Waals surface area contributed by atoms with Gasteiger partial charge in [-0.1, -0.05) is 18.2 Å². The van der Waals surface area contributed by atoms with Crippen LogP contribution in [0.4, 0.5) is 0 Å². The van der Waals surface area contributed by atoms with E-state index in [0.29, 0.717) is 19.6 Å². The Hall–Kier alpha value is -2.52. The van der Waals surface area contributed by atoms with Crippen LogP contribution in [0, 0.1) is 0 Å². The summed E-state index contributed by atoms with van der Waals surface area (Å²) >= 11 is 0. The minimum Gasteiger partial charge on any atom is -0.497 e. The summed E-state index contributed by atoms with van der Waals surface area (Å²) in [7, 11) is 1.60. The Bertz CT molecular complexity index is 772. The highest BCUT2D eigenvalue weighted by Crippen LogP contribution is 2.23. The summed E-state index contributed by atoms with van der Waals surface area (Å²) in [4.78, 5) is 16.4. The molecule has 0 saturated carbocycles. The van der Waals surface area contributed by atoms with Crippen LogP contribution in [0.15, 0.2) is 48.7 Å². The molecular formula is C21H27N3O5. The van der Waals surface area contributed by atoms with Gasteiger partial charge in [0.05, 0.1) is 31.4 Å². The molecule has 3 rings (SSSR count). The molecule has 1 aromatic heterocycles. The summed E-state index contributed by atoms with van der Waals surface area (Å²) in [5, 5.41) is 26.4. The maximum atomic E-state index is 12.2. The van der Waals surface area contributed by atoms with Gasteiger partial charge in [0.2, 0.25) is 5.91 Å². The Balaban J connectivity index is 1.42. The first kappa shape index (κ1) is 21.2. The van der Waals surface area contributed by atoms with Gasteiger partial charge in [-0.3, -0.25) is 9.78 Å². The summed E-state index contributed by atoms with van der Waals surface area (Å²) < 4.78 is 10.8. The predicted molar refractivity (Wildman–Crippen MR) is 106 cm³/mol. The number of aromatic nitrogens is 1. The minimum absolute atomic E-state index is 0.0227. The van der Waals surface area contributed by atoms with E-state index in [1.165, 1.54) is 0 Å². The van der Waals surface area contributed by atoms with Crippen molar-refractivity contribution in [2.24, 2.45) is 0 Å². The third kappa shape index (κ3) is 5.98. The summed E-state index contributed by atoms with van der Waals surface area (Å²) in [6, 6.07) is 13.0. The number of ether oxygens (including phenoxy) is 2. The Morgan fingerprint density at radius 3 is 2.55 bits per heavy atom. The Kier molecular flexibility index (Phi) is 7.54. The minimum atomic E-state index is -1.11. The van der Waals surface area contributed by atoms with Gasteiger partial charge in [0.15, 0.2) is 0 Å². The van der Waals surface area contributed by atoms with Gasteiger partial charge in [-0.15, -0.1) is 0 Å². The molecule has 29 heavy (non-hydrogen) atoms. The molecule has 4 unspecified atom stereocenters. The fourth-order valence-corrected chi connectivity index (χ4v) is 3.21. The van der Waals surface area contributed by atoms with Gasteiger partial charge in [0.25, 0.3) is 0 Å². The number of rotatable bonds is 9. The highest BCUT2D eigenvalue weighted by atomic mass is 16.5. The summed E-state index contributed by atoms with van der Waals surface area (Å²) in [5.74, 6) is 0.499. The molecule has 4 atom stereocenters. The summed E-state index contributed by atoms with van der Waals surface area (Å²) in [5.41, 5.74) is 1.80. The first-order chi connectivity index (χ1) is 14.1. The molecule has 8 nitrogen and oxygen atoms in total. The monoisotopic (exact) mass is 401 g/mol. The average molecular weight is 401 g/mol. The van der Waals surface area contributed by atoms with E-state index in [2.05, 4.69) is 15.6 Å². The molecule has 1 aromatic carbocycles. The van der Waals surface area contributed by atoms with Crippen molar-refractivity contribution in [3.63, 3.8) is 0 Å². The van der Waals surface area contributed by atoms with Crippen LogP contribution in [0.2, 0.25) is 0 Å². The number of nitrogens with one attached hydrogen (secondary N) is 2. The molecule has 0 spiro atoms. The van der Waals surface area contributed by atoms with Crippen molar-refractivity contribution in [2.75, 3.05) is 13.7 Å². The molecule has 0 aliphatic carbocycles. The molecular weight excluding hydrogens is 374 g/mol. The molecule has 0 bridgehead atoms. The molecule has 2 heterocycles. The summed E-state index contributed by atoms with van der Waals surface area (Å²) in [6.07, 6.45) is -1.81. The highest BCUT2D eigenvalue weighted by Gasteiger charge is 2.42. The molecule has 1 amide bonds. The second kappa shape index (κ2) is 10.3. The lowest BCUT2D eigenvalue weighted by Crippen LogP contribution is -2.38. The average Bonchev–Trinajstić information content (AvgIpc) is 3.01. The standard InChI is InChI=1S/C21H27N3O5/c1-28-16-7-5-14(6-8-16)11-24-19(25)10-17-20(26)21(27)18(29-17)13-22-12-15-4-2-3-9-23-15/h2-9,17-18,20-22,26-27H,10-13H2,1H3,(H,24,25). The topological polar surface area (TPSA) is 113 Å². The molecule has 8 heteroatoms. The number of hydrogen-bond acceptors (Lipinski definition) is 7. The van der Waals surface area contributed by atoms with E-state index in [4.69, 9.17) is 9.47 Å². The van der Waals surface area contributed by atoms with Crippen molar-refractivity contribution < 1.29 is 24.5 Å². The van der Waals surface area contributed by atoms with Gasteiger partial charge in [0, 0.05) is 25.8 Å². The second-order valence-corrected chi connectivity index (χ2v) is 6.98. The molecule has 1 saturated heterocycles. The molecule has 2 aromatic rings. The van der Waals surface area contributed by atoms with Crippen molar-refractivity contribution in [1.29, 1.82) is 0 Å². The third-order valence-corrected chi connectivity index (χ3v) is 4.87. The number of hydrogen-bond donors (Lipinski definition) is 4. The number of benzene rings is 1. The maximum Gasteiger partial charge on any atom is 0.222 e.